The number of amides is 1. The Hall–Kier alpha value is -3.17. The first-order valence-corrected chi connectivity index (χ1v) is 12.5. The average molecular weight is 459 g/mol. The van der Waals surface area contributed by atoms with Gasteiger partial charge in [0, 0.05) is 11.4 Å². The number of rotatable bonds is 7. The molecule has 0 radical (unpaired) electrons. The lowest BCUT2D eigenvalue weighted by Gasteiger charge is -2.10. The Balaban J connectivity index is 1.66. The normalized spacial score (nSPS) is 11.7. The standard InChI is InChI=1S/C22H22N2O5S2/c1-16-3-7-19(8-4-16)24-31(28,29)21-13-9-18(10-14-21)23-22(25)15-30(26,27)20-11-5-17(2)6-12-20/h3-14,24H,15H2,1-2H3,(H,23,25). The largest absolute Gasteiger partial charge is 0.325 e. The van der Waals surface area contributed by atoms with Crippen molar-refractivity contribution >= 4 is 37.1 Å². The number of nitrogens with one attached hydrogen (secondary N) is 2. The van der Waals surface area contributed by atoms with Crippen LogP contribution in [0.5, 0.6) is 0 Å². The van der Waals surface area contributed by atoms with Gasteiger partial charge < -0.3 is 5.32 Å². The van der Waals surface area contributed by atoms with Crippen molar-refractivity contribution in [2.45, 2.75) is 23.6 Å². The number of sulfonamides is 1. The molecule has 0 bridgehead atoms. The van der Waals surface area contributed by atoms with Gasteiger partial charge in [0.05, 0.1) is 9.79 Å². The van der Waals surface area contributed by atoms with Crippen LogP contribution in [0.25, 0.3) is 0 Å². The SMILES string of the molecule is Cc1ccc(NS(=O)(=O)c2ccc(NC(=O)CS(=O)(=O)c3ccc(C)cc3)cc2)cc1. The molecule has 7 nitrogen and oxygen atoms in total. The van der Waals surface area contributed by atoms with E-state index in [9.17, 15) is 21.6 Å². The van der Waals surface area contributed by atoms with E-state index >= 15 is 0 Å². The summed E-state index contributed by atoms with van der Waals surface area (Å²) in [6.45, 7) is 3.74. The Morgan fingerprint density at radius 3 is 1.68 bits per heavy atom. The molecule has 3 rings (SSSR count). The minimum atomic E-state index is -3.80. The summed E-state index contributed by atoms with van der Waals surface area (Å²) in [6.07, 6.45) is 0. The molecule has 9 heteroatoms. The molecule has 0 saturated heterocycles. The number of sulfone groups is 1. The van der Waals surface area contributed by atoms with E-state index in [0.29, 0.717) is 11.4 Å². The summed E-state index contributed by atoms with van der Waals surface area (Å²) >= 11 is 0. The van der Waals surface area contributed by atoms with Crippen molar-refractivity contribution in [2.75, 3.05) is 15.8 Å². The Kier molecular flexibility index (Phi) is 6.47. The topological polar surface area (TPSA) is 109 Å². The third-order valence-corrected chi connectivity index (χ3v) is 7.48. The van der Waals surface area contributed by atoms with E-state index in [1.54, 1.807) is 36.4 Å². The molecular formula is C22H22N2O5S2. The van der Waals surface area contributed by atoms with E-state index in [4.69, 9.17) is 0 Å². The Labute approximate surface area is 182 Å². The van der Waals surface area contributed by atoms with Gasteiger partial charge in [-0.3, -0.25) is 9.52 Å². The van der Waals surface area contributed by atoms with Crippen LogP contribution in [0.2, 0.25) is 0 Å². The summed E-state index contributed by atoms with van der Waals surface area (Å²) in [4.78, 5) is 12.3. The first-order valence-electron chi connectivity index (χ1n) is 9.34. The Bertz CT molecular complexity index is 1280. The molecule has 0 atom stereocenters. The van der Waals surface area contributed by atoms with Gasteiger partial charge in [0.1, 0.15) is 5.75 Å². The van der Waals surface area contributed by atoms with Crippen molar-refractivity contribution in [1.29, 1.82) is 0 Å². The zero-order valence-corrected chi connectivity index (χ0v) is 18.6. The van der Waals surface area contributed by atoms with Crippen molar-refractivity contribution in [3.05, 3.63) is 83.9 Å². The van der Waals surface area contributed by atoms with Gasteiger partial charge in [-0.15, -0.1) is 0 Å². The highest BCUT2D eigenvalue weighted by molar-refractivity contribution is 7.92. The molecule has 1 amide bonds. The number of aryl methyl sites for hydroxylation is 2. The van der Waals surface area contributed by atoms with Crippen LogP contribution in [-0.4, -0.2) is 28.5 Å². The lowest BCUT2D eigenvalue weighted by atomic mass is 10.2. The number of anilines is 2. The predicted molar refractivity (Wildman–Crippen MR) is 120 cm³/mol. The second kappa shape index (κ2) is 8.91. The van der Waals surface area contributed by atoms with Gasteiger partial charge in [0.25, 0.3) is 10.0 Å². The van der Waals surface area contributed by atoms with Crippen LogP contribution in [-0.2, 0) is 24.7 Å². The first-order chi connectivity index (χ1) is 14.5. The Morgan fingerprint density at radius 2 is 1.13 bits per heavy atom. The molecule has 0 saturated carbocycles. The van der Waals surface area contributed by atoms with Gasteiger partial charge in [-0.1, -0.05) is 35.4 Å². The summed E-state index contributed by atoms with van der Waals surface area (Å²) in [7, 11) is -7.58. The van der Waals surface area contributed by atoms with E-state index in [1.165, 1.54) is 36.4 Å². The number of benzene rings is 3. The van der Waals surface area contributed by atoms with Crippen LogP contribution in [0, 0.1) is 13.8 Å². The molecule has 3 aromatic carbocycles. The van der Waals surface area contributed by atoms with Crippen LogP contribution < -0.4 is 10.0 Å². The summed E-state index contributed by atoms with van der Waals surface area (Å²) in [5, 5.41) is 2.48. The fourth-order valence-electron chi connectivity index (χ4n) is 2.75. The van der Waals surface area contributed by atoms with Crippen LogP contribution in [0.1, 0.15) is 11.1 Å². The second-order valence-electron chi connectivity index (χ2n) is 7.12. The maximum absolute atomic E-state index is 12.5. The van der Waals surface area contributed by atoms with Crippen molar-refractivity contribution in [3.63, 3.8) is 0 Å². The smallest absolute Gasteiger partial charge is 0.261 e. The van der Waals surface area contributed by atoms with Gasteiger partial charge >= 0.3 is 0 Å². The molecule has 3 aromatic rings. The molecule has 162 valence electrons. The van der Waals surface area contributed by atoms with Crippen LogP contribution in [0.3, 0.4) is 0 Å². The summed E-state index contributed by atoms with van der Waals surface area (Å²) < 4.78 is 52.3. The molecular weight excluding hydrogens is 436 g/mol. The molecule has 2 N–H and O–H groups in total. The summed E-state index contributed by atoms with van der Waals surface area (Å²) in [6, 6.07) is 18.6. The van der Waals surface area contributed by atoms with E-state index < -0.39 is 31.5 Å². The lowest BCUT2D eigenvalue weighted by Crippen LogP contribution is -2.23. The molecule has 0 aliphatic rings. The summed E-state index contributed by atoms with van der Waals surface area (Å²) in [5.74, 6) is -1.43. The predicted octanol–water partition coefficient (Wildman–Crippen LogP) is 3.52. The molecule has 0 aromatic heterocycles. The van der Waals surface area contributed by atoms with Crippen LogP contribution in [0.4, 0.5) is 11.4 Å². The molecule has 0 aliphatic carbocycles. The maximum Gasteiger partial charge on any atom is 0.261 e. The monoisotopic (exact) mass is 458 g/mol. The van der Waals surface area contributed by atoms with Crippen molar-refractivity contribution in [2.24, 2.45) is 0 Å². The molecule has 0 spiro atoms. The first kappa shape index (κ1) is 22.5. The number of carbonyl (C=O) groups excluding carboxylic acids is 1. The highest BCUT2D eigenvalue weighted by atomic mass is 32.2. The van der Waals surface area contributed by atoms with Gasteiger partial charge in [0.15, 0.2) is 9.84 Å². The highest BCUT2D eigenvalue weighted by Gasteiger charge is 2.20. The highest BCUT2D eigenvalue weighted by Crippen LogP contribution is 2.19. The van der Waals surface area contributed by atoms with Crippen LogP contribution >= 0.6 is 0 Å². The molecule has 0 aliphatic heterocycles. The number of hydrogen-bond donors (Lipinski definition) is 2. The maximum atomic E-state index is 12.5. The molecule has 31 heavy (non-hydrogen) atoms. The number of hydrogen-bond acceptors (Lipinski definition) is 5. The van der Waals surface area contributed by atoms with Crippen molar-refractivity contribution in [3.8, 4) is 0 Å². The van der Waals surface area contributed by atoms with Gasteiger partial charge in [-0.25, -0.2) is 16.8 Å². The minimum Gasteiger partial charge on any atom is -0.325 e. The fraction of sp³-hybridized carbons (Fsp3) is 0.136. The Morgan fingerprint density at radius 1 is 0.677 bits per heavy atom. The zero-order valence-electron chi connectivity index (χ0n) is 17.0. The third-order valence-electron chi connectivity index (χ3n) is 4.45. The van der Waals surface area contributed by atoms with Gasteiger partial charge in [-0.2, -0.15) is 0 Å². The van der Waals surface area contributed by atoms with E-state index in [0.717, 1.165) is 11.1 Å². The van der Waals surface area contributed by atoms with Crippen LogP contribution in [0.15, 0.2) is 82.6 Å². The van der Waals surface area contributed by atoms with E-state index in [2.05, 4.69) is 10.0 Å². The number of carbonyl (C=O) groups is 1. The lowest BCUT2D eigenvalue weighted by molar-refractivity contribution is -0.113. The van der Waals surface area contributed by atoms with Crippen molar-refractivity contribution < 1.29 is 21.6 Å². The quantitative estimate of drug-likeness (QED) is 0.563. The van der Waals surface area contributed by atoms with E-state index in [1.807, 2.05) is 13.8 Å². The molecule has 0 fully saturated rings. The summed E-state index contributed by atoms with van der Waals surface area (Å²) in [5.41, 5.74) is 2.64. The third kappa shape index (κ3) is 5.93. The van der Waals surface area contributed by atoms with E-state index in [-0.39, 0.29) is 9.79 Å². The second-order valence-corrected chi connectivity index (χ2v) is 10.8. The van der Waals surface area contributed by atoms with Crippen molar-refractivity contribution in [1.82, 2.24) is 0 Å². The van der Waals surface area contributed by atoms with Gasteiger partial charge in [-0.05, 0) is 62.4 Å². The average Bonchev–Trinajstić information content (AvgIpc) is 2.70. The molecule has 0 heterocycles. The minimum absolute atomic E-state index is 0.0124. The van der Waals surface area contributed by atoms with Gasteiger partial charge in [0.2, 0.25) is 5.91 Å². The fourth-order valence-corrected chi connectivity index (χ4v) is 4.95. The zero-order chi connectivity index (χ0) is 22.6. The molecule has 0 unspecified atom stereocenters.